The molecule has 23 heavy (non-hydrogen) atoms. The fourth-order valence-corrected chi connectivity index (χ4v) is 2.25. The van der Waals surface area contributed by atoms with Gasteiger partial charge in [0.15, 0.2) is 5.65 Å². The third kappa shape index (κ3) is 3.51. The molecule has 2 heterocycles. The molecule has 0 radical (unpaired) electrons. The van der Waals surface area contributed by atoms with E-state index in [1.165, 1.54) is 10.1 Å². The van der Waals surface area contributed by atoms with Crippen molar-refractivity contribution in [3.8, 4) is 0 Å². The van der Waals surface area contributed by atoms with Gasteiger partial charge in [-0.1, -0.05) is 12.1 Å². The number of carbonyl (C=O) groups excluding carboxylic acids is 1. The number of likely N-dealkylation sites (N-methyl/N-ethyl adjacent to an activating group) is 1. The van der Waals surface area contributed by atoms with Gasteiger partial charge in [-0.2, -0.15) is 4.52 Å². The van der Waals surface area contributed by atoms with Crippen LogP contribution in [-0.4, -0.2) is 51.5 Å². The maximum absolute atomic E-state index is 12.4. The smallest absolute Gasteiger partial charge is 0.259 e. The highest BCUT2D eigenvalue weighted by molar-refractivity contribution is 6.08. The van der Waals surface area contributed by atoms with E-state index in [2.05, 4.69) is 39.8 Å². The molecule has 0 unspecified atom stereocenters. The second kappa shape index (κ2) is 6.53. The van der Waals surface area contributed by atoms with Crippen molar-refractivity contribution in [3.63, 3.8) is 0 Å². The van der Waals surface area contributed by atoms with Crippen LogP contribution >= 0.6 is 0 Å². The lowest BCUT2D eigenvalue weighted by molar-refractivity contribution is 0.102. The van der Waals surface area contributed by atoms with Crippen molar-refractivity contribution in [2.45, 2.75) is 6.42 Å². The zero-order chi connectivity index (χ0) is 16.2. The summed E-state index contributed by atoms with van der Waals surface area (Å²) >= 11 is 0. The second-order valence-electron chi connectivity index (χ2n) is 5.57. The van der Waals surface area contributed by atoms with Crippen LogP contribution < -0.4 is 5.32 Å². The molecule has 7 heteroatoms. The van der Waals surface area contributed by atoms with Crippen molar-refractivity contribution < 1.29 is 4.79 Å². The number of rotatable bonds is 5. The zero-order valence-corrected chi connectivity index (χ0v) is 13.1. The predicted octanol–water partition coefficient (Wildman–Crippen LogP) is 1.48. The fourth-order valence-electron chi connectivity index (χ4n) is 2.25. The number of tetrazole rings is 1. The van der Waals surface area contributed by atoms with Crippen molar-refractivity contribution in [2.24, 2.45) is 0 Å². The third-order valence-electron chi connectivity index (χ3n) is 3.53. The Morgan fingerprint density at radius 1 is 1.22 bits per heavy atom. The summed E-state index contributed by atoms with van der Waals surface area (Å²) < 4.78 is 1.47. The van der Waals surface area contributed by atoms with Gasteiger partial charge >= 0.3 is 0 Å². The average molecular weight is 310 g/mol. The van der Waals surface area contributed by atoms with Gasteiger partial charge < -0.3 is 10.2 Å². The van der Waals surface area contributed by atoms with Crippen LogP contribution in [0.25, 0.3) is 5.65 Å². The molecule has 1 N–H and O–H groups in total. The molecule has 3 rings (SSSR count). The van der Waals surface area contributed by atoms with Gasteiger partial charge in [0.05, 0.1) is 5.56 Å². The Kier molecular flexibility index (Phi) is 4.29. The highest BCUT2D eigenvalue weighted by Gasteiger charge is 2.12. The molecule has 0 aliphatic carbocycles. The fraction of sp³-hybridized carbons (Fsp3) is 0.250. The number of nitrogens with one attached hydrogen (secondary N) is 1. The number of pyridine rings is 1. The molecule has 118 valence electrons. The Balaban J connectivity index is 1.71. The van der Waals surface area contributed by atoms with E-state index in [-0.39, 0.29) is 5.91 Å². The minimum Gasteiger partial charge on any atom is -0.322 e. The third-order valence-corrected chi connectivity index (χ3v) is 3.53. The van der Waals surface area contributed by atoms with Crippen LogP contribution in [0.15, 0.2) is 42.6 Å². The molecular weight excluding hydrogens is 292 g/mol. The molecule has 1 amide bonds. The second-order valence-corrected chi connectivity index (χ2v) is 5.57. The topological polar surface area (TPSA) is 75.4 Å². The highest BCUT2D eigenvalue weighted by Crippen LogP contribution is 2.13. The normalized spacial score (nSPS) is 11.1. The summed E-state index contributed by atoms with van der Waals surface area (Å²) in [6.07, 6.45) is 2.68. The van der Waals surface area contributed by atoms with Crippen LogP contribution in [0.1, 0.15) is 15.9 Å². The highest BCUT2D eigenvalue weighted by atomic mass is 16.1. The van der Waals surface area contributed by atoms with Gasteiger partial charge in [0.2, 0.25) is 0 Å². The molecule has 3 aromatic rings. The lowest BCUT2D eigenvalue weighted by atomic mass is 10.1. The number of nitrogens with zero attached hydrogens (tertiary/aromatic N) is 5. The molecule has 0 bridgehead atoms. The first kappa shape index (κ1) is 15.1. The molecule has 0 fully saturated rings. The van der Waals surface area contributed by atoms with Crippen molar-refractivity contribution in [2.75, 3.05) is 26.0 Å². The van der Waals surface area contributed by atoms with Crippen LogP contribution in [0.5, 0.6) is 0 Å². The van der Waals surface area contributed by atoms with Crippen molar-refractivity contribution in [1.82, 2.24) is 24.9 Å². The summed E-state index contributed by atoms with van der Waals surface area (Å²) in [4.78, 5) is 14.5. The molecule has 1 aromatic carbocycles. The number of benzene rings is 1. The summed E-state index contributed by atoms with van der Waals surface area (Å²) in [5, 5.41) is 14.1. The number of amides is 1. The van der Waals surface area contributed by atoms with E-state index in [4.69, 9.17) is 0 Å². The van der Waals surface area contributed by atoms with Gasteiger partial charge in [0.25, 0.3) is 5.91 Å². The molecule has 0 aliphatic heterocycles. The lowest BCUT2D eigenvalue weighted by Crippen LogP contribution is -2.15. The first-order chi connectivity index (χ1) is 11.1. The summed E-state index contributed by atoms with van der Waals surface area (Å²) in [5.41, 5.74) is 2.86. The first-order valence-corrected chi connectivity index (χ1v) is 7.35. The Bertz CT molecular complexity index is 809. The van der Waals surface area contributed by atoms with Gasteiger partial charge in [0.1, 0.15) is 0 Å². The van der Waals surface area contributed by atoms with Gasteiger partial charge in [-0.15, -0.1) is 5.10 Å². The number of carbonyl (C=O) groups is 1. The summed E-state index contributed by atoms with van der Waals surface area (Å²) in [6, 6.07) is 11.3. The molecular formula is C16H18N6O. The molecule has 0 aliphatic rings. The van der Waals surface area contributed by atoms with Gasteiger partial charge in [-0.05, 0) is 60.8 Å². The standard InChI is InChI=1S/C16H18N6O/c1-21(2)11-9-12-5-7-13(8-6-12)17-16(23)14-4-3-10-22-15(14)18-19-20-22/h3-8,10H,9,11H2,1-2H3,(H,17,23). The minimum atomic E-state index is -0.230. The van der Waals surface area contributed by atoms with Crippen LogP contribution in [0.4, 0.5) is 5.69 Å². The predicted molar refractivity (Wildman–Crippen MR) is 87.4 cm³/mol. The minimum absolute atomic E-state index is 0.230. The van der Waals surface area contributed by atoms with Gasteiger partial charge in [0, 0.05) is 18.4 Å². The summed E-state index contributed by atoms with van der Waals surface area (Å²) in [6.45, 7) is 0.994. The quantitative estimate of drug-likeness (QED) is 0.772. The van der Waals surface area contributed by atoms with E-state index in [0.717, 1.165) is 18.7 Å². The van der Waals surface area contributed by atoms with E-state index < -0.39 is 0 Å². The Morgan fingerprint density at radius 2 is 2.00 bits per heavy atom. The maximum atomic E-state index is 12.4. The lowest BCUT2D eigenvalue weighted by Gasteiger charge is -2.10. The van der Waals surface area contributed by atoms with E-state index in [1.807, 2.05) is 24.3 Å². The van der Waals surface area contributed by atoms with Gasteiger partial charge in [-0.25, -0.2) is 0 Å². The number of hydrogen-bond donors (Lipinski definition) is 1. The Labute approximate surface area is 133 Å². The SMILES string of the molecule is CN(C)CCc1ccc(NC(=O)c2cccn3nnnc23)cc1. The monoisotopic (exact) mass is 310 g/mol. The summed E-state index contributed by atoms with van der Waals surface area (Å²) in [5.74, 6) is -0.230. The number of fused-ring (bicyclic) bond motifs is 1. The van der Waals surface area contributed by atoms with E-state index >= 15 is 0 Å². The molecule has 2 aromatic heterocycles. The van der Waals surface area contributed by atoms with Gasteiger partial charge in [-0.3, -0.25) is 4.79 Å². The largest absolute Gasteiger partial charge is 0.322 e. The average Bonchev–Trinajstić information content (AvgIpc) is 3.02. The zero-order valence-electron chi connectivity index (χ0n) is 13.1. The summed E-state index contributed by atoms with van der Waals surface area (Å²) in [7, 11) is 4.10. The van der Waals surface area contributed by atoms with E-state index in [0.29, 0.717) is 11.2 Å². The van der Waals surface area contributed by atoms with Crippen LogP contribution in [-0.2, 0) is 6.42 Å². The molecule has 7 nitrogen and oxygen atoms in total. The van der Waals surface area contributed by atoms with Crippen LogP contribution in [0.2, 0.25) is 0 Å². The molecule has 0 atom stereocenters. The molecule has 0 saturated carbocycles. The van der Waals surface area contributed by atoms with E-state index in [9.17, 15) is 4.79 Å². The first-order valence-electron chi connectivity index (χ1n) is 7.35. The van der Waals surface area contributed by atoms with Crippen LogP contribution in [0.3, 0.4) is 0 Å². The Morgan fingerprint density at radius 3 is 2.74 bits per heavy atom. The molecule has 0 saturated heterocycles. The maximum Gasteiger partial charge on any atom is 0.259 e. The number of aromatic nitrogens is 4. The van der Waals surface area contributed by atoms with E-state index in [1.54, 1.807) is 18.3 Å². The number of hydrogen-bond acceptors (Lipinski definition) is 5. The van der Waals surface area contributed by atoms with Crippen molar-refractivity contribution in [3.05, 3.63) is 53.7 Å². The molecule has 0 spiro atoms. The van der Waals surface area contributed by atoms with Crippen molar-refractivity contribution >= 4 is 17.2 Å². The van der Waals surface area contributed by atoms with Crippen molar-refractivity contribution in [1.29, 1.82) is 0 Å². The number of anilines is 1. The van der Waals surface area contributed by atoms with Crippen LogP contribution in [0, 0.1) is 0 Å². The Hall–Kier alpha value is -2.80.